The second-order valence-corrected chi connectivity index (χ2v) is 8.73. The van der Waals surface area contributed by atoms with Gasteiger partial charge in [0.2, 0.25) is 0 Å². The molecule has 13 heteroatoms. The summed E-state index contributed by atoms with van der Waals surface area (Å²) < 4.78 is 70.7. The predicted octanol–water partition coefficient (Wildman–Crippen LogP) is 4.70. The molecule has 0 saturated heterocycles. The smallest absolute Gasteiger partial charge is 0.406 e. The molecule has 0 bridgehead atoms. The molecule has 2 aromatic heterocycles. The molecule has 0 aliphatic rings. The number of halogens is 5. The molecular weight excluding hydrogens is 535 g/mol. The number of nitrogens with zero attached hydrogens (tertiary/aromatic N) is 6. The van der Waals surface area contributed by atoms with Crippen LogP contribution >= 0.6 is 0 Å². The third-order valence-electron chi connectivity index (χ3n) is 6.29. The first-order chi connectivity index (χ1) is 19.1. The van der Waals surface area contributed by atoms with E-state index in [0.717, 1.165) is 12.1 Å². The number of alkyl halides is 3. The van der Waals surface area contributed by atoms with Crippen molar-refractivity contribution in [3.05, 3.63) is 120 Å². The van der Waals surface area contributed by atoms with Crippen LogP contribution in [0.5, 0.6) is 5.75 Å². The number of ether oxygens (including phenoxy) is 1. The van der Waals surface area contributed by atoms with E-state index in [9.17, 15) is 27.1 Å². The van der Waals surface area contributed by atoms with E-state index in [1.165, 1.54) is 84.1 Å². The lowest BCUT2D eigenvalue weighted by molar-refractivity contribution is -0.274. The van der Waals surface area contributed by atoms with Gasteiger partial charge in [-0.1, -0.05) is 24.3 Å². The topological polar surface area (TPSA) is 98.8 Å². The van der Waals surface area contributed by atoms with Crippen LogP contribution in [0.15, 0.2) is 91.5 Å². The Hall–Kier alpha value is -4.78. The minimum atomic E-state index is -4.82. The van der Waals surface area contributed by atoms with Gasteiger partial charge >= 0.3 is 6.36 Å². The number of rotatable bonds is 8. The van der Waals surface area contributed by atoms with Crippen LogP contribution in [0.4, 0.5) is 22.0 Å². The molecule has 5 aromatic rings. The molecule has 40 heavy (non-hydrogen) atoms. The Morgan fingerprint density at radius 1 is 0.800 bits per heavy atom. The van der Waals surface area contributed by atoms with E-state index in [1.807, 2.05) is 0 Å². The second kappa shape index (κ2) is 10.8. The lowest BCUT2D eigenvalue weighted by atomic mass is 9.68. The highest BCUT2D eigenvalue weighted by molar-refractivity contribution is 5.60. The third-order valence-corrected chi connectivity index (χ3v) is 6.29. The van der Waals surface area contributed by atoms with Crippen LogP contribution in [-0.2, 0) is 12.0 Å². The predicted molar refractivity (Wildman–Crippen MR) is 131 cm³/mol. The molecule has 204 valence electrons. The van der Waals surface area contributed by atoms with Gasteiger partial charge in [0.05, 0.1) is 41.8 Å². The minimum absolute atomic E-state index is 0.119. The average molecular weight is 554 g/mol. The van der Waals surface area contributed by atoms with Crippen molar-refractivity contribution in [2.75, 3.05) is 0 Å². The maximum absolute atomic E-state index is 14.0. The highest BCUT2D eigenvalue weighted by Gasteiger charge is 2.45. The largest absolute Gasteiger partial charge is 0.573 e. The Kier molecular flexibility index (Phi) is 7.22. The second-order valence-electron chi connectivity index (χ2n) is 8.73. The van der Waals surface area contributed by atoms with E-state index in [-0.39, 0.29) is 12.2 Å². The van der Waals surface area contributed by atoms with Crippen molar-refractivity contribution in [2.24, 2.45) is 0 Å². The number of hydrogen-bond donors (Lipinski definition) is 1. The van der Waals surface area contributed by atoms with Crippen molar-refractivity contribution in [3.8, 4) is 17.0 Å². The maximum Gasteiger partial charge on any atom is 0.573 e. The van der Waals surface area contributed by atoms with Crippen molar-refractivity contribution in [2.45, 2.75) is 24.4 Å². The molecular formula is C27H19F5N6O2. The van der Waals surface area contributed by atoms with Gasteiger partial charge in [-0.3, -0.25) is 9.97 Å². The highest BCUT2D eigenvalue weighted by Crippen LogP contribution is 2.42. The Labute approximate surface area is 223 Å². The molecule has 5 rings (SSSR count). The summed E-state index contributed by atoms with van der Waals surface area (Å²) in [4.78, 5) is 9.03. The zero-order valence-corrected chi connectivity index (χ0v) is 20.4. The van der Waals surface area contributed by atoms with Gasteiger partial charge in [-0.2, -0.15) is 0 Å². The van der Waals surface area contributed by atoms with E-state index >= 15 is 0 Å². The summed E-state index contributed by atoms with van der Waals surface area (Å²) >= 11 is 0. The van der Waals surface area contributed by atoms with Crippen LogP contribution < -0.4 is 4.74 Å². The zero-order valence-electron chi connectivity index (χ0n) is 20.4. The Balaban J connectivity index is 1.62. The first-order valence-electron chi connectivity index (χ1n) is 11.7. The fraction of sp³-hybridized carbons (Fsp3) is 0.148. The fourth-order valence-electron chi connectivity index (χ4n) is 4.53. The summed E-state index contributed by atoms with van der Waals surface area (Å²) in [6, 6.07) is 15.9. The minimum Gasteiger partial charge on any atom is -0.406 e. The number of aliphatic hydroxyl groups excluding tert-OH is 1. The fourth-order valence-corrected chi connectivity index (χ4v) is 4.53. The molecule has 0 aliphatic carbocycles. The number of aliphatic hydroxyl groups is 1. The van der Waals surface area contributed by atoms with Crippen molar-refractivity contribution >= 4 is 0 Å². The van der Waals surface area contributed by atoms with Crippen molar-refractivity contribution < 1.29 is 31.8 Å². The molecule has 3 aromatic carbocycles. The quantitative estimate of drug-likeness (QED) is 0.278. The van der Waals surface area contributed by atoms with Crippen molar-refractivity contribution in [1.82, 2.24) is 30.2 Å². The summed E-state index contributed by atoms with van der Waals surface area (Å²) in [5, 5.41) is 22.8. The first-order valence-corrected chi connectivity index (χ1v) is 11.7. The standard InChI is InChI=1S/C27H19F5N6O2/c28-20-7-3-18(4-8-20)26(19-5-9-21(29)10-6-19,25(39)15-38-16-35-36-37-38)24-14-33-23(13-34-24)17-1-11-22(12-2-17)40-27(30,31)32/h1-14,16,25,39H,15H2. The number of aromatic nitrogens is 6. The summed E-state index contributed by atoms with van der Waals surface area (Å²) in [7, 11) is 0. The van der Waals surface area contributed by atoms with Crippen LogP contribution in [0.3, 0.4) is 0 Å². The highest BCUT2D eigenvalue weighted by atomic mass is 19.4. The van der Waals surface area contributed by atoms with Gasteiger partial charge in [0, 0.05) is 5.56 Å². The molecule has 1 unspecified atom stereocenters. The van der Waals surface area contributed by atoms with E-state index in [0.29, 0.717) is 22.4 Å². The Bertz CT molecular complexity index is 1500. The van der Waals surface area contributed by atoms with Crippen LogP contribution in [0.25, 0.3) is 11.3 Å². The number of hydrogen-bond acceptors (Lipinski definition) is 7. The molecule has 0 radical (unpaired) electrons. The lowest BCUT2D eigenvalue weighted by Crippen LogP contribution is -2.45. The molecule has 2 heterocycles. The van der Waals surface area contributed by atoms with Gasteiger partial charge in [0.25, 0.3) is 0 Å². The van der Waals surface area contributed by atoms with Gasteiger partial charge in [0.1, 0.15) is 23.7 Å². The van der Waals surface area contributed by atoms with Gasteiger partial charge in [-0.05, 0) is 70.1 Å². The summed E-state index contributed by atoms with van der Waals surface area (Å²) in [5.41, 5.74) is 0.366. The molecule has 1 atom stereocenters. The van der Waals surface area contributed by atoms with Crippen molar-refractivity contribution in [1.29, 1.82) is 0 Å². The van der Waals surface area contributed by atoms with Crippen LogP contribution in [0, 0.1) is 11.6 Å². The molecule has 0 amide bonds. The maximum atomic E-state index is 14.0. The van der Waals surface area contributed by atoms with Gasteiger partial charge < -0.3 is 9.84 Å². The van der Waals surface area contributed by atoms with Gasteiger partial charge in [-0.15, -0.1) is 18.3 Å². The Morgan fingerprint density at radius 3 is 1.88 bits per heavy atom. The van der Waals surface area contributed by atoms with E-state index in [2.05, 4.69) is 30.2 Å². The van der Waals surface area contributed by atoms with Crippen LogP contribution in [0.1, 0.15) is 16.8 Å². The molecule has 1 N–H and O–H groups in total. The van der Waals surface area contributed by atoms with Gasteiger partial charge in [0.15, 0.2) is 0 Å². The van der Waals surface area contributed by atoms with Crippen LogP contribution in [0.2, 0.25) is 0 Å². The zero-order chi connectivity index (χ0) is 28.3. The third kappa shape index (κ3) is 5.50. The summed E-state index contributed by atoms with van der Waals surface area (Å²) in [6.45, 7) is -0.119. The van der Waals surface area contributed by atoms with Crippen molar-refractivity contribution in [3.63, 3.8) is 0 Å². The molecule has 0 aliphatic heterocycles. The first kappa shape index (κ1) is 26.8. The SMILES string of the molecule is OC(Cn1cnnn1)C(c1ccc(F)cc1)(c1ccc(F)cc1)c1cnc(-c2ccc(OC(F)(F)F)cc2)cn1. The van der Waals surface area contributed by atoms with E-state index in [4.69, 9.17) is 0 Å². The Morgan fingerprint density at radius 2 is 1.40 bits per heavy atom. The molecule has 8 nitrogen and oxygen atoms in total. The summed E-state index contributed by atoms with van der Waals surface area (Å²) in [5.74, 6) is -1.41. The lowest BCUT2D eigenvalue weighted by Gasteiger charge is -2.38. The van der Waals surface area contributed by atoms with Gasteiger partial charge in [-0.25, -0.2) is 13.5 Å². The normalized spacial score (nSPS) is 12.8. The number of tetrazole rings is 1. The van der Waals surface area contributed by atoms with Crippen LogP contribution in [-0.4, -0.2) is 47.7 Å². The summed E-state index contributed by atoms with van der Waals surface area (Å²) in [6.07, 6.45) is -2.04. The average Bonchev–Trinajstić information content (AvgIpc) is 3.44. The van der Waals surface area contributed by atoms with E-state index < -0.39 is 35.3 Å². The van der Waals surface area contributed by atoms with E-state index in [1.54, 1.807) is 0 Å². The molecule has 0 spiro atoms. The molecule has 0 fully saturated rings. The molecule has 0 saturated carbocycles. The monoisotopic (exact) mass is 554 g/mol. The number of benzene rings is 3.